The number of alkyl halides is 3. The Bertz CT molecular complexity index is 1020. The molecule has 174 valence electrons. The highest BCUT2D eigenvalue weighted by Gasteiger charge is 2.33. The van der Waals surface area contributed by atoms with Crippen LogP contribution in [0.1, 0.15) is 31.0 Å². The van der Waals surface area contributed by atoms with Gasteiger partial charge in [0.2, 0.25) is 10.0 Å². The molecule has 2 aromatic carbocycles. The Morgan fingerprint density at radius 3 is 2.00 bits per heavy atom. The van der Waals surface area contributed by atoms with E-state index in [9.17, 15) is 26.4 Å². The minimum atomic E-state index is -4.53. The molecule has 0 aliphatic carbocycles. The highest BCUT2D eigenvalue weighted by molar-refractivity contribution is 7.89. The fourth-order valence-corrected chi connectivity index (χ4v) is 5.04. The second-order valence-corrected chi connectivity index (χ2v) is 9.93. The lowest BCUT2D eigenvalue weighted by atomic mass is 9.96. The minimum Gasteiger partial charge on any atom is -0.331 e. The van der Waals surface area contributed by atoms with Crippen molar-refractivity contribution >= 4 is 16.1 Å². The second kappa shape index (κ2) is 9.50. The van der Waals surface area contributed by atoms with E-state index in [4.69, 9.17) is 0 Å². The molecule has 0 radical (unpaired) electrons. The van der Waals surface area contributed by atoms with Crippen molar-refractivity contribution in [1.82, 2.24) is 14.5 Å². The molecule has 1 aliphatic heterocycles. The molecule has 6 nitrogen and oxygen atoms in total. The summed E-state index contributed by atoms with van der Waals surface area (Å²) in [7, 11) is -3.95. The van der Waals surface area contributed by atoms with Gasteiger partial charge >= 0.3 is 12.2 Å². The van der Waals surface area contributed by atoms with Crippen LogP contribution in [0.3, 0.4) is 0 Å². The zero-order chi connectivity index (χ0) is 23.5. The smallest absolute Gasteiger partial charge is 0.331 e. The summed E-state index contributed by atoms with van der Waals surface area (Å²) in [5.41, 5.74) is 0.0791. The summed E-state index contributed by atoms with van der Waals surface area (Å²) in [6, 6.07) is 12.6. The van der Waals surface area contributed by atoms with Crippen LogP contribution in [0.15, 0.2) is 59.5 Å². The van der Waals surface area contributed by atoms with E-state index in [0.29, 0.717) is 0 Å². The normalized spacial score (nSPS) is 16.8. The van der Waals surface area contributed by atoms with E-state index >= 15 is 0 Å². The van der Waals surface area contributed by atoms with E-state index < -0.39 is 21.8 Å². The number of rotatable bonds is 5. The maximum atomic E-state index is 12.8. The molecule has 0 spiro atoms. The molecule has 0 aromatic heterocycles. The molecule has 1 atom stereocenters. The van der Waals surface area contributed by atoms with E-state index in [1.165, 1.54) is 4.31 Å². The number of nitrogens with one attached hydrogen (secondary N) is 1. The molecule has 2 amide bonds. The lowest BCUT2D eigenvalue weighted by Crippen LogP contribution is -2.53. The summed E-state index contributed by atoms with van der Waals surface area (Å²) in [6.07, 6.45) is -4.53. The van der Waals surface area contributed by atoms with Gasteiger partial charge in [0.15, 0.2) is 0 Å². The van der Waals surface area contributed by atoms with Gasteiger partial charge in [-0.1, -0.05) is 44.2 Å². The zero-order valence-corrected chi connectivity index (χ0v) is 18.7. The van der Waals surface area contributed by atoms with Crippen molar-refractivity contribution in [2.24, 2.45) is 5.92 Å². The molecule has 1 saturated heterocycles. The third-order valence-corrected chi connectivity index (χ3v) is 7.36. The highest BCUT2D eigenvalue weighted by Crippen LogP contribution is 2.30. The van der Waals surface area contributed by atoms with Crippen molar-refractivity contribution in [3.05, 3.63) is 65.7 Å². The number of halogens is 3. The molecule has 10 heteroatoms. The van der Waals surface area contributed by atoms with Crippen LogP contribution < -0.4 is 5.32 Å². The number of amides is 2. The summed E-state index contributed by atoms with van der Waals surface area (Å²) < 4.78 is 65.0. The Kier molecular flexibility index (Phi) is 7.14. The van der Waals surface area contributed by atoms with Crippen molar-refractivity contribution in [3.8, 4) is 0 Å². The van der Waals surface area contributed by atoms with Crippen LogP contribution in [0.2, 0.25) is 0 Å². The second-order valence-electron chi connectivity index (χ2n) is 8.00. The predicted molar refractivity (Wildman–Crippen MR) is 114 cm³/mol. The topological polar surface area (TPSA) is 69.7 Å². The van der Waals surface area contributed by atoms with Gasteiger partial charge in [0.05, 0.1) is 16.5 Å². The van der Waals surface area contributed by atoms with E-state index in [2.05, 4.69) is 5.32 Å². The first-order valence-electron chi connectivity index (χ1n) is 10.3. The van der Waals surface area contributed by atoms with Crippen LogP contribution in [0.5, 0.6) is 0 Å². The van der Waals surface area contributed by atoms with Crippen LogP contribution in [0, 0.1) is 5.92 Å². The Morgan fingerprint density at radius 2 is 1.50 bits per heavy atom. The molecular weight excluding hydrogens is 443 g/mol. The molecule has 2 aromatic rings. The summed E-state index contributed by atoms with van der Waals surface area (Å²) in [4.78, 5) is 14.1. The Morgan fingerprint density at radius 1 is 0.938 bits per heavy atom. The highest BCUT2D eigenvalue weighted by atomic mass is 32.2. The maximum absolute atomic E-state index is 12.8. The van der Waals surface area contributed by atoms with E-state index in [0.717, 1.165) is 29.8 Å². The fraction of sp³-hybridized carbons (Fsp3) is 0.409. The average molecular weight is 470 g/mol. The number of benzene rings is 2. The first-order valence-corrected chi connectivity index (χ1v) is 11.7. The molecule has 0 saturated carbocycles. The van der Waals surface area contributed by atoms with Crippen LogP contribution in [0.4, 0.5) is 18.0 Å². The zero-order valence-electron chi connectivity index (χ0n) is 17.8. The summed E-state index contributed by atoms with van der Waals surface area (Å²) in [6.45, 7) is 4.51. The largest absolute Gasteiger partial charge is 0.416 e. The molecular formula is C22H26F3N3O3S. The lowest BCUT2D eigenvalue weighted by molar-refractivity contribution is -0.137. The van der Waals surface area contributed by atoms with Gasteiger partial charge in [-0.3, -0.25) is 0 Å². The van der Waals surface area contributed by atoms with Gasteiger partial charge in [0, 0.05) is 26.2 Å². The number of hydrogen-bond acceptors (Lipinski definition) is 3. The maximum Gasteiger partial charge on any atom is 0.416 e. The van der Waals surface area contributed by atoms with Gasteiger partial charge in [-0.25, -0.2) is 13.2 Å². The van der Waals surface area contributed by atoms with Crippen molar-refractivity contribution in [2.75, 3.05) is 26.2 Å². The number of nitrogens with zero attached hydrogens (tertiary/aromatic N) is 2. The molecule has 1 N–H and O–H groups in total. The van der Waals surface area contributed by atoms with Gasteiger partial charge in [-0.05, 0) is 35.7 Å². The van der Waals surface area contributed by atoms with E-state index in [1.54, 1.807) is 4.90 Å². The van der Waals surface area contributed by atoms with E-state index in [-0.39, 0.29) is 49.1 Å². The molecule has 1 aliphatic rings. The quantitative estimate of drug-likeness (QED) is 0.716. The standard InChI is InChI=1S/C22H26F3N3O3S/c1-16(2)20(17-6-4-3-5-7-17)26-21(29)27-12-14-28(15-13-27)32(30,31)19-10-8-18(9-11-19)22(23,24)25/h3-11,16,20H,12-15H2,1-2H3,(H,26,29)/t20-/m0/s1. The number of piperazine rings is 1. The summed E-state index contributed by atoms with van der Waals surface area (Å²) in [5.74, 6) is 0.155. The van der Waals surface area contributed by atoms with Gasteiger partial charge in [-0.2, -0.15) is 17.5 Å². The summed E-state index contributed by atoms with van der Waals surface area (Å²) in [5, 5.41) is 3.02. The first kappa shape index (κ1) is 24.1. The predicted octanol–water partition coefficient (Wildman–Crippen LogP) is 4.12. The molecule has 1 heterocycles. The van der Waals surface area contributed by atoms with Gasteiger partial charge < -0.3 is 10.2 Å². The first-order chi connectivity index (χ1) is 15.0. The Hall–Kier alpha value is -2.59. The Balaban J connectivity index is 1.63. The molecule has 1 fully saturated rings. The van der Waals surface area contributed by atoms with Crippen LogP contribution in [-0.4, -0.2) is 49.8 Å². The van der Waals surface area contributed by atoms with Gasteiger partial charge in [0.25, 0.3) is 0 Å². The number of carbonyl (C=O) groups excluding carboxylic acids is 1. The van der Waals surface area contributed by atoms with Crippen LogP contribution >= 0.6 is 0 Å². The lowest BCUT2D eigenvalue weighted by Gasteiger charge is -2.35. The van der Waals surface area contributed by atoms with Gasteiger partial charge in [0.1, 0.15) is 0 Å². The number of urea groups is 1. The number of sulfonamides is 1. The van der Waals surface area contributed by atoms with E-state index in [1.807, 2.05) is 44.2 Å². The number of hydrogen-bond donors (Lipinski definition) is 1. The third-order valence-electron chi connectivity index (χ3n) is 5.45. The fourth-order valence-electron chi connectivity index (χ4n) is 3.62. The summed E-state index contributed by atoms with van der Waals surface area (Å²) >= 11 is 0. The van der Waals surface area contributed by atoms with Crippen molar-refractivity contribution in [1.29, 1.82) is 0 Å². The molecule has 0 bridgehead atoms. The van der Waals surface area contributed by atoms with Gasteiger partial charge in [-0.15, -0.1) is 0 Å². The number of carbonyl (C=O) groups is 1. The third kappa shape index (κ3) is 5.42. The monoisotopic (exact) mass is 469 g/mol. The van der Waals surface area contributed by atoms with Crippen LogP contribution in [0.25, 0.3) is 0 Å². The SMILES string of the molecule is CC(C)[C@H](NC(=O)N1CCN(S(=O)(=O)c2ccc(C(F)(F)F)cc2)CC1)c1ccccc1. The van der Waals surface area contributed by atoms with Crippen LogP contribution in [-0.2, 0) is 16.2 Å². The average Bonchev–Trinajstić information content (AvgIpc) is 2.77. The molecule has 32 heavy (non-hydrogen) atoms. The van der Waals surface area contributed by atoms with Crippen molar-refractivity contribution in [2.45, 2.75) is 31.0 Å². The van der Waals surface area contributed by atoms with Crippen molar-refractivity contribution in [3.63, 3.8) is 0 Å². The molecule has 3 rings (SSSR count). The Labute approximate surface area is 186 Å². The molecule has 0 unspecified atom stereocenters. The van der Waals surface area contributed by atoms with Crippen molar-refractivity contribution < 1.29 is 26.4 Å². The minimum absolute atomic E-state index is 0.0639.